The van der Waals surface area contributed by atoms with E-state index in [0.29, 0.717) is 11.5 Å². The summed E-state index contributed by atoms with van der Waals surface area (Å²) in [6.07, 6.45) is 3.40. The van der Waals surface area contributed by atoms with E-state index < -0.39 is 40.8 Å². The normalized spacial score (nSPS) is 19.3. The Morgan fingerprint density at radius 2 is 1.98 bits per heavy atom. The topological polar surface area (TPSA) is 185 Å². The minimum Gasteiger partial charge on any atom is -0.478 e. The SMILES string of the molecule is CC(C)(O/N=C(\C(=O)N[C@@H]1C(=O)N2C(C(=O)O)=C(/C=C/c3ccc(CCl)cc3)CS[C@@H]12)c1csc(N)n1)C(=O)O. The number of carbonyl (C=O) groups is 4. The second-order valence-corrected chi connectivity index (χ2v) is 11.4. The molecule has 2 aromatic rings. The number of aromatic nitrogens is 1. The fourth-order valence-corrected chi connectivity index (χ4v) is 5.74. The van der Waals surface area contributed by atoms with Crippen LogP contribution in [0.5, 0.6) is 0 Å². The molecule has 1 aromatic carbocycles. The molecule has 2 aliphatic rings. The summed E-state index contributed by atoms with van der Waals surface area (Å²) in [6, 6.07) is 6.37. The quantitative estimate of drug-likeness (QED) is 0.136. The van der Waals surface area contributed by atoms with Gasteiger partial charge in [-0.1, -0.05) is 41.6 Å². The van der Waals surface area contributed by atoms with Crippen molar-refractivity contribution in [1.29, 1.82) is 0 Å². The summed E-state index contributed by atoms with van der Waals surface area (Å²) in [4.78, 5) is 60.1. The van der Waals surface area contributed by atoms with E-state index in [1.807, 2.05) is 24.3 Å². The van der Waals surface area contributed by atoms with Crippen LogP contribution in [0.4, 0.5) is 5.13 Å². The number of fused-ring (bicyclic) bond motifs is 1. The number of aliphatic carboxylic acids is 2. The number of carbonyl (C=O) groups excluding carboxylic acids is 2. The largest absolute Gasteiger partial charge is 0.478 e. The summed E-state index contributed by atoms with van der Waals surface area (Å²) in [5, 5.41) is 26.4. The number of hydrogen-bond acceptors (Lipinski definition) is 10. The van der Waals surface area contributed by atoms with Crippen LogP contribution in [0.1, 0.15) is 30.7 Å². The summed E-state index contributed by atoms with van der Waals surface area (Å²) in [7, 11) is 0. The van der Waals surface area contributed by atoms with Crippen molar-refractivity contribution >= 4 is 75.4 Å². The van der Waals surface area contributed by atoms with Crippen LogP contribution in [-0.2, 0) is 29.9 Å². The zero-order chi connectivity index (χ0) is 29.2. The molecular formula is C25H24ClN5O7S2. The number of nitrogen functional groups attached to an aromatic ring is 1. The van der Waals surface area contributed by atoms with E-state index in [2.05, 4.69) is 15.5 Å². The summed E-state index contributed by atoms with van der Waals surface area (Å²) >= 11 is 8.14. The molecule has 0 spiro atoms. The molecule has 2 aliphatic heterocycles. The van der Waals surface area contributed by atoms with Crippen LogP contribution in [0, 0.1) is 0 Å². The van der Waals surface area contributed by atoms with E-state index in [1.54, 1.807) is 12.2 Å². The fourth-order valence-electron chi connectivity index (χ4n) is 3.70. The lowest BCUT2D eigenvalue weighted by Crippen LogP contribution is -2.71. The highest BCUT2D eigenvalue weighted by molar-refractivity contribution is 8.00. The van der Waals surface area contributed by atoms with Crippen LogP contribution in [0.25, 0.3) is 6.08 Å². The van der Waals surface area contributed by atoms with Gasteiger partial charge in [0.15, 0.2) is 10.8 Å². The van der Waals surface area contributed by atoms with Gasteiger partial charge in [-0.2, -0.15) is 0 Å². The van der Waals surface area contributed by atoms with Crippen LogP contribution in [0.15, 0.2) is 52.1 Å². The fraction of sp³-hybridized carbons (Fsp3) is 0.280. The van der Waals surface area contributed by atoms with Gasteiger partial charge in [0, 0.05) is 17.0 Å². The maximum atomic E-state index is 13.2. The molecule has 0 aliphatic carbocycles. The molecule has 1 saturated heterocycles. The third kappa shape index (κ3) is 5.98. The first-order valence-corrected chi connectivity index (χ1v) is 14.1. The van der Waals surface area contributed by atoms with Crippen molar-refractivity contribution in [3.63, 3.8) is 0 Å². The number of thioether (sulfide) groups is 1. The molecule has 2 atom stereocenters. The van der Waals surface area contributed by atoms with E-state index in [4.69, 9.17) is 22.2 Å². The minimum absolute atomic E-state index is 0.0266. The monoisotopic (exact) mass is 605 g/mol. The molecule has 12 nitrogen and oxygen atoms in total. The average Bonchev–Trinajstić information content (AvgIpc) is 3.35. The van der Waals surface area contributed by atoms with E-state index in [-0.39, 0.29) is 28.0 Å². The molecule has 0 saturated carbocycles. The molecule has 1 aromatic heterocycles. The number of oxime groups is 1. The van der Waals surface area contributed by atoms with Crippen molar-refractivity contribution in [3.8, 4) is 0 Å². The molecule has 0 bridgehead atoms. The van der Waals surface area contributed by atoms with Crippen LogP contribution >= 0.6 is 34.7 Å². The van der Waals surface area contributed by atoms with Gasteiger partial charge in [0.1, 0.15) is 22.8 Å². The van der Waals surface area contributed by atoms with Crippen molar-refractivity contribution < 1.29 is 34.2 Å². The molecule has 210 valence electrons. The number of nitrogens with one attached hydrogen (secondary N) is 1. The molecular weight excluding hydrogens is 582 g/mol. The zero-order valence-electron chi connectivity index (χ0n) is 21.2. The van der Waals surface area contributed by atoms with Gasteiger partial charge in [-0.15, -0.1) is 34.7 Å². The molecule has 0 radical (unpaired) electrons. The van der Waals surface area contributed by atoms with Gasteiger partial charge in [-0.25, -0.2) is 14.6 Å². The van der Waals surface area contributed by atoms with Crippen molar-refractivity contribution in [1.82, 2.24) is 15.2 Å². The van der Waals surface area contributed by atoms with Gasteiger partial charge >= 0.3 is 11.9 Å². The maximum absolute atomic E-state index is 13.2. The Morgan fingerprint density at radius 1 is 1.27 bits per heavy atom. The lowest BCUT2D eigenvalue weighted by atomic mass is 10.0. The second-order valence-electron chi connectivity index (χ2n) is 9.17. The van der Waals surface area contributed by atoms with Gasteiger partial charge in [-0.3, -0.25) is 14.5 Å². The third-order valence-electron chi connectivity index (χ3n) is 5.96. The molecule has 1 fully saturated rings. The van der Waals surface area contributed by atoms with Crippen LogP contribution in [0.3, 0.4) is 0 Å². The second kappa shape index (κ2) is 11.7. The number of carboxylic acids is 2. The number of nitrogens with two attached hydrogens (primary N) is 1. The highest BCUT2D eigenvalue weighted by Crippen LogP contribution is 2.41. The Balaban J connectivity index is 1.54. The van der Waals surface area contributed by atoms with E-state index in [0.717, 1.165) is 27.4 Å². The number of thiazole rings is 1. The van der Waals surface area contributed by atoms with Crippen LogP contribution in [0.2, 0.25) is 0 Å². The highest BCUT2D eigenvalue weighted by atomic mass is 35.5. The van der Waals surface area contributed by atoms with Gasteiger partial charge in [0.05, 0.1) is 0 Å². The number of benzene rings is 1. The Bertz CT molecular complexity index is 1450. The van der Waals surface area contributed by atoms with E-state index in [1.165, 1.54) is 31.0 Å². The van der Waals surface area contributed by atoms with Crippen LogP contribution < -0.4 is 11.1 Å². The lowest BCUT2D eigenvalue weighted by molar-refractivity contribution is -0.161. The van der Waals surface area contributed by atoms with Gasteiger partial charge in [-0.05, 0) is 30.5 Å². The summed E-state index contributed by atoms with van der Waals surface area (Å²) in [5.41, 5.74) is 5.62. The Kier molecular flexibility index (Phi) is 8.51. The number of halogens is 1. The van der Waals surface area contributed by atoms with E-state index in [9.17, 15) is 29.4 Å². The molecule has 4 rings (SSSR count). The van der Waals surface area contributed by atoms with Crippen molar-refractivity contribution in [3.05, 3.63) is 63.8 Å². The molecule has 15 heteroatoms. The van der Waals surface area contributed by atoms with Gasteiger partial charge in [0.2, 0.25) is 5.60 Å². The van der Waals surface area contributed by atoms with Gasteiger partial charge < -0.3 is 26.1 Å². The standard InChI is InChI=1S/C25H24ClN5O7S2/c1-25(2,23(36)37)38-30-16(15-11-40-24(27)28-15)19(32)29-17-20(33)31-18(22(34)35)14(10-39-21(17)31)8-7-12-3-5-13(9-26)6-4-12/h3-8,11,17,21H,9-10H2,1-2H3,(H2,27,28)(H,29,32)(H,34,35)(H,36,37)/b8-7+,30-16-/t17-,21+/m1/s1. The van der Waals surface area contributed by atoms with Crippen molar-refractivity contribution in [2.45, 2.75) is 36.7 Å². The zero-order valence-corrected chi connectivity index (χ0v) is 23.5. The van der Waals surface area contributed by atoms with Crippen LogP contribution in [-0.4, -0.2) is 72.3 Å². The average molecular weight is 606 g/mol. The molecule has 40 heavy (non-hydrogen) atoms. The van der Waals surface area contributed by atoms with Crippen molar-refractivity contribution in [2.24, 2.45) is 5.16 Å². The number of allylic oxidation sites excluding steroid dienone is 1. The van der Waals surface area contributed by atoms with E-state index >= 15 is 0 Å². The smallest absolute Gasteiger partial charge is 0.352 e. The number of amides is 2. The Morgan fingerprint density at radius 3 is 2.55 bits per heavy atom. The number of hydrogen-bond donors (Lipinski definition) is 4. The molecule has 3 heterocycles. The highest BCUT2D eigenvalue weighted by Gasteiger charge is 2.54. The maximum Gasteiger partial charge on any atom is 0.352 e. The predicted octanol–water partition coefficient (Wildman–Crippen LogP) is 2.50. The number of alkyl halides is 1. The predicted molar refractivity (Wildman–Crippen MR) is 151 cm³/mol. The Hall–Kier alpha value is -3.88. The Labute approximate surface area is 241 Å². The third-order valence-corrected chi connectivity index (χ3v) is 8.24. The van der Waals surface area contributed by atoms with Gasteiger partial charge in [0.25, 0.3) is 11.8 Å². The first kappa shape index (κ1) is 29.1. The molecule has 0 unspecified atom stereocenters. The lowest BCUT2D eigenvalue weighted by Gasteiger charge is -2.49. The number of β-lactam (4-membered cyclic amide) rings is 1. The first-order chi connectivity index (χ1) is 18.9. The summed E-state index contributed by atoms with van der Waals surface area (Å²) in [6.45, 7) is 2.49. The number of anilines is 1. The summed E-state index contributed by atoms with van der Waals surface area (Å²) < 4.78 is 0. The summed E-state index contributed by atoms with van der Waals surface area (Å²) in [5.74, 6) is -3.42. The molecule has 2 amide bonds. The number of carboxylic acid groups (broad SMARTS) is 2. The first-order valence-electron chi connectivity index (χ1n) is 11.7. The molecule has 5 N–H and O–H groups in total. The van der Waals surface area contributed by atoms with Crippen molar-refractivity contribution in [2.75, 3.05) is 11.5 Å². The number of rotatable bonds is 10. The number of nitrogens with zero attached hydrogens (tertiary/aromatic N) is 3. The minimum atomic E-state index is -1.76.